The van der Waals surface area contributed by atoms with Crippen molar-refractivity contribution in [1.82, 2.24) is 0 Å². The summed E-state index contributed by atoms with van der Waals surface area (Å²) in [5.41, 5.74) is 0.370. The Hall–Kier alpha value is -0.930. The third kappa shape index (κ3) is 2.73. The van der Waals surface area contributed by atoms with Crippen molar-refractivity contribution < 1.29 is 13.9 Å². The molecule has 18 heavy (non-hydrogen) atoms. The number of rotatable bonds is 4. The second-order valence-electron chi connectivity index (χ2n) is 4.57. The van der Waals surface area contributed by atoms with Gasteiger partial charge in [-0.1, -0.05) is 30.7 Å². The van der Waals surface area contributed by atoms with E-state index in [0.717, 1.165) is 12.8 Å². The lowest BCUT2D eigenvalue weighted by atomic mass is 9.91. The van der Waals surface area contributed by atoms with E-state index < -0.39 is 5.82 Å². The highest BCUT2D eigenvalue weighted by molar-refractivity contribution is 6.30. The molecule has 2 atom stereocenters. The third-order valence-corrected chi connectivity index (χ3v) is 3.71. The lowest BCUT2D eigenvalue weighted by molar-refractivity contribution is -0.123. The molecular formula is C14H16ClFO2. The summed E-state index contributed by atoms with van der Waals surface area (Å²) in [5, 5.41) is 0.0648. The number of halogens is 2. The van der Waals surface area contributed by atoms with Gasteiger partial charge in [0.25, 0.3) is 0 Å². The Morgan fingerprint density at radius 2 is 2.33 bits per heavy atom. The van der Waals surface area contributed by atoms with Crippen LogP contribution in [0.3, 0.4) is 0 Å². The molecule has 98 valence electrons. The molecule has 1 aliphatic heterocycles. The van der Waals surface area contributed by atoms with Crippen molar-refractivity contribution in [3.63, 3.8) is 0 Å². The lowest BCUT2D eigenvalue weighted by Crippen LogP contribution is -2.25. The zero-order chi connectivity index (χ0) is 13.1. The quantitative estimate of drug-likeness (QED) is 0.838. The molecule has 1 aromatic rings. The van der Waals surface area contributed by atoms with Crippen LogP contribution in [0, 0.1) is 11.7 Å². The Morgan fingerprint density at radius 3 is 3.06 bits per heavy atom. The fraction of sp³-hybridized carbons (Fsp3) is 0.500. The first-order valence-electron chi connectivity index (χ1n) is 6.20. The molecule has 4 heteroatoms. The summed E-state index contributed by atoms with van der Waals surface area (Å²) in [7, 11) is 0. The predicted molar refractivity (Wildman–Crippen MR) is 68.3 cm³/mol. The number of hydrogen-bond acceptors (Lipinski definition) is 2. The Kier molecular flexibility index (Phi) is 4.36. The van der Waals surface area contributed by atoms with Crippen molar-refractivity contribution in [2.45, 2.75) is 32.3 Å². The molecule has 0 aromatic heterocycles. The van der Waals surface area contributed by atoms with E-state index in [1.807, 2.05) is 6.92 Å². The summed E-state index contributed by atoms with van der Waals surface area (Å²) < 4.78 is 19.2. The summed E-state index contributed by atoms with van der Waals surface area (Å²) in [6.07, 6.45) is 1.63. The molecular weight excluding hydrogens is 255 g/mol. The van der Waals surface area contributed by atoms with Crippen LogP contribution in [0.4, 0.5) is 4.39 Å². The van der Waals surface area contributed by atoms with Crippen molar-refractivity contribution in [2.24, 2.45) is 5.92 Å². The third-order valence-electron chi connectivity index (χ3n) is 3.42. The van der Waals surface area contributed by atoms with Crippen LogP contribution in [0.1, 0.15) is 25.3 Å². The maximum atomic E-state index is 13.7. The van der Waals surface area contributed by atoms with E-state index in [0.29, 0.717) is 12.2 Å². The van der Waals surface area contributed by atoms with E-state index in [9.17, 15) is 9.18 Å². The van der Waals surface area contributed by atoms with Gasteiger partial charge in [-0.2, -0.15) is 0 Å². The van der Waals surface area contributed by atoms with Crippen molar-refractivity contribution in [3.05, 3.63) is 34.6 Å². The van der Waals surface area contributed by atoms with E-state index in [1.165, 1.54) is 6.07 Å². The van der Waals surface area contributed by atoms with Crippen LogP contribution in [0.5, 0.6) is 0 Å². The molecule has 2 unspecified atom stereocenters. The molecule has 0 aliphatic carbocycles. The van der Waals surface area contributed by atoms with E-state index in [2.05, 4.69) is 0 Å². The second-order valence-corrected chi connectivity index (χ2v) is 4.98. The summed E-state index contributed by atoms with van der Waals surface area (Å²) >= 11 is 5.70. The zero-order valence-electron chi connectivity index (χ0n) is 10.3. The number of Topliss-reactive ketones (excluding diaryl/α,β-unsaturated/α-hetero) is 1. The SMILES string of the molecule is CCC1OCCC1C(=O)Cc1cccc(Cl)c1F. The molecule has 1 heterocycles. The minimum Gasteiger partial charge on any atom is -0.377 e. The number of hydrogen-bond donors (Lipinski definition) is 0. The standard InChI is InChI=1S/C14H16ClFO2/c1-2-13-10(6-7-18-13)12(17)8-9-4-3-5-11(15)14(9)16/h3-5,10,13H,2,6-8H2,1H3. The van der Waals surface area contributed by atoms with Crippen LogP contribution in [-0.2, 0) is 16.0 Å². The highest BCUT2D eigenvalue weighted by Gasteiger charge is 2.32. The fourth-order valence-corrected chi connectivity index (χ4v) is 2.62. The lowest BCUT2D eigenvalue weighted by Gasteiger charge is -2.15. The van der Waals surface area contributed by atoms with Crippen LogP contribution < -0.4 is 0 Å². The number of carbonyl (C=O) groups excluding carboxylic acids is 1. The van der Waals surface area contributed by atoms with Crippen LogP contribution in [-0.4, -0.2) is 18.5 Å². The number of carbonyl (C=O) groups is 1. The minimum absolute atomic E-state index is 0.0141. The van der Waals surface area contributed by atoms with Crippen LogP contribution in [0.15, 0.2) is 18.2 Å². The molecule has 0 amide bonds. The van der Waals surface area contributed by atoms with E-state index >= 15 is 0 Å². The molecule has 2 rings (SSSR count). The molecule has 1 aliphatic rings. The summed E-state index contributed by atoms with van der Waals surface area (Å²) in [4.78, 5) is 12.2. The van der Waals surface area contributed by atoms with Gasteiger partial charge in [-0.05, 0) is 24.5 Å². The molecule has 1 aromatic carbocycles. The first kappa shape index (κ1) is 13.5. The molecule has 0 N–H and O–H groups in total. The van der Waals surface area contributed by atoms with Gasteiger partial charge in [0.05, 0.1) is 11.1 Å². The Labute approximate surface area is 111 Å². The molecule has 0 bridgehead atoms. The molecule has 0 radical (unpaired) electrons. The highest BCUT2D eigenvalue weighted by Crippen LogP contribution is 2.26. The van der Waals surface area contributed by atoms with Gasteiger partial charge >= 0.3 is 0 Å². The van der Waals surface area contributed by atoms with Gasteiger partial charge in [-0.3, -0.25) is 4.79 Å². The number of ether oxygens (including phenoxy) is 1. The summed E-state index contributed by atoms with van der Waals surface area (Å²) in [6, 6.07) is 4.75. The maximum Gasteiger partial charge on any atom is 0.145 e. The van der Waals surface area contributed by atoms with Crippen molar-refractivity contribution >= 4 is 17.4 Å². The Morgan fingerprint density at radius 1 is 1.56 bits per heavy atom. The second kappa shape index (κ2) is 5.81. The Bertz CT molecular complexity index is 447. The van der Waals surface area contributed by atoms with Crippen LogP contribution in [0.2, 0.25) is 5.02 Å². The van der Waals surface area contributed by atoms with Crippen molar-refractivity contribution in [3.8, 4) is 0 Å². The van der Waals surface area contributed by atoms with E-state index in [4.69, 9.17) is 16.3 Å². The first-order valence-corrected chi connectivity index (χ1v) is 6.58. The van der Waals surface area contributed by atoms with Gasteiger partial charge in [0.2, 0.25) is 0 Å². The predicted octanol–water partition coefficient (Wildman–Crippen LogP) is 3.41. The van der Waals surface area contributed by atoms with Gasteiger partial charge in [0, 0.05) is 18.9 Å². The Balaban J connectivity index is 2.09. The molecule has 0 saturated carbocycles. The smallest absolute Gasteiger partial charge is 0.145 e. The largest absolute Gasteiger partial charge is 0.377 e. The highest BCUT2D eigenvalue weighted by atomic mass is 35.5. The zero-order valence-corrected chi connectivity index (χ0v) is 11.0. The normalized spacial score (nSPS) is 23.3. The van der Waals surface area contributed by atoms with Gasteiger partial charge in [-0.15, -0.1) is 0 Å². The van der Waals surface area contributed by atoms with Crippen LogP contribution in [0.25, 0.3) is 0 Å². The van der Waals surface area contributed by atoms with Crippen molar-refractivity contribution in [1.29, 1.82) is 0 Å². The average molecular weight is 271 g/mol. The maximum absolute atomic E-state index is 13.7. The molecule has 0 spiro atoms. The number of ketones is 1. The molecule has 2 nitrogen and oxygen atoms in total. The first-order chi connectivity index (χ1) is 8.63. The van der Waals surface area contributed by atoms with Gasteiger partial charge < -0.3 is 4.74 Å². The number of benzene rings is 1. The van der Waals surface area contributed by atoms with Gasteiger partial charge in [0.1, 0.15) is 11.6 Å². The van der Waals surface area contributed by atoms with Crippen LogP contribution >= 0.6 is 11.6 Å². The van der Waals surface area contributed by atoms with E-state index in [1.54, 1.807) is 12.1 Å². The fourth-order valence-electron chi connectivity index (χ4n) is 2.42. The monoisotopic (exact) mass is 270 g/mol. The summed E-state index contributed by atoms with van der Waals surface area (Å²) in [6.45, 7) is 2.61. The topological polar surface area (TPSA) is 26.3 Å². The average Bonchev–Trinajstić information content (AvgIpc) is 2.83. The van der Waals surface area contributed by atoms with Gasteiger partial charge in [0.15, 0.2) is 0 Å². The minimum atomic E-state index is -0.487. The van der Waals surface area contributed by atoms with E-state index in [-0.39, 0.29) is 29.2 Å². The molecule has 1 saturated heterocycles. The van der Waals surface area contributed by atoms with Gasteiger partial charge in [-0.25, -0.2) is 4.39 Å². The van der Waals surface area contributed by atoms with Crippen molar-refractivity contribution in [2.75, 3.05) is 6.61 Å². The summed E-state index contributed by atoms with van der Waals surface area (Å²) in [5.74, 6) is -0.548. The molecule has 1 fully saturated rings.